The Kier molecular flexibility index (Phi) is 7.35. The molecular formula is C18H38N8O3. The van der Waals surface area contributed by atoms with Crippen LogP contribution in [0.2, 0.25) is 0 Å². The van der Waals surface area contributed by atoms with Crippen LogP contribution in [-0.2, 0) is 4.74 Å². The lowest BCUT2D eigenvalue weighted by molar-refractivity contribution is -0.106. The van der Waals surface area contributed by atoms with E-state index in [1.54, 1.807) is 0 Å². The predicted octanol–water partition coefficient (Wildman–Crippen LogP) is -3.95. The molecular weight excluding hydrogens is 376 g/mol. The van der Waals surface area contributed by atoms with Gasteiger partial charge >= 0.3 is 0 Å². The van der Waals surface area contributed by atoms with E-state index in [4.69, 9.17) is 10.5 Å². The zero-order chi connectivity index (χ0) is 20.4. The van der Waals surface area contributed by atoms with Gasteiger partial charge in [0.15, 0.2) is 0 Å². The van der Waals surface area contributed by atoms with Crippen LogP contribution in [-0.4, -0.2) is 116 Å². The molecule has 4 unspecified atom stereocenters. The molecule has 0 saturated carbocycles. The van der Waals surface area contributed by atoms with Crippen molar-refractivity contribution in [2.75, 3.05) is 46.6 Å². The summed E-state index contributed by atoms with van der Waals surface area (Å²) in [4.78, 5) is 4.16. The minimum atomic E-state index is -0.952. The molecule has 11 heteroatoms. The van der Waals surface area contributed by atoms with Gasteiger partial charge in [-0.15, -0.1) is 0 Å². The SMILES string of the molecule is CN(CCNC1CCCCN1)C[C@H]1O[C@@H](N2CNC3C(N)NCNC32)[C@H](O)[C@@H]1O. The van der Waals surface area contributed by atoms with Gasteiger partial charge in [0.05, 0.1) is 31.2 Å². The Morgan fingerprint density at radius 1 is 1.17 bits per heavy atom. The molecule has 0 aromatic heterocycles. The first-order valence-corrected chi connectivity index (χ1v) is 10.9. The highest BCUT2D eigenvalue weighted by molar-refractivity contribution is 5.01. The van der Waals surface area contributed by atoms with Gasteiger partial charge in [-0.05, 0) is 32.9 Å². The summed E-state index contributed by atoms with van der Waals surface area (Å²) < 4.78 is 6.13. The molecule has 0 aromatic rings. The van der Waals surface area contributed by atoms with Crippen LogP contribution in [0.3, 0.4) is 0 Å². The molecule has 0 bridgehead atoms. The van der Waals surface area contributed by atoms with Crippen molar-refractivity contribution in [3.8, 4) is 0 Å². The van der Waals surface area contributed by atoms with E-state index in [0.717, 1.165) is 19.6 Å². The topological polar surface area (TPSA) is 142 Å². The van der Waals surface area contributed by atoms with Crippen molar-refractivity contribution in [2.45, 2.75) is 68.3 Å². The second-order valence-electron chi connectivity index (χ2n) is 8.72. The van der Waals surface area contributed by atoms with Crippen LogP contribution in [0.5, 0.6) is 0 Å². The number of fused-ring (bicyclic) bond motifs is 1. The second kappa shape index (κ2) is 9.79. The summed E-state index contributed by atoms with van der Waals surface area (Å²) in [5, 5.41) is 38.1. The molecule has 4 heterocycles. The van der Waals surface area contributed by atoms with Gasteiger partial charge in [-0.1, -0.05) is 0 Å². The van der Waals surface area contributed by atoms with Crippen molar-refractivity contribution >= 4 is 0 Å². The van der Waals surface area contributed by atoms with Gasteiger partial charge in [0.25, 0.3) is 0 Å². The van der Waals surface area contributed by atoms with Gasteiger partial charge in [0, 0.05) is 26.3 Å². The molecule has 4 saturated heterocycles. The lowest BCUT2D eigenvalue weighted by Gasteiger charge is -2.38. The first-order valence-electron chi connectivity index (χ1n) is 10.9. The van der Waals surface area contributed by atoms with Crippen molar-refractivity contribution < 1.29 is 14.9 Å². The number of nitrogens with two attached hydrogens (primary N) is 1. The van der Waals surface area contributed by atoms with Gasteiger partial charge < -0.3 is 36.2 Å². The molecule has 4 aliphatic heterocycles. The number of likely N-dealkylation sites (N-methyl/N-ethyl adjacent to an activating group) is 1. The van der Waals surface area contributed by atoms with E-state index in [9.17, 15) is 10.2 Å². The number of piperidine rings is 1. The quantitative estimate of drug-likeness (QED) is 0.207. The third-order valence-electron chi connectivity index (χ3n) is 6.59. The third-order valence-corrected chi connectivity index (χ3v) is 6.59. The largest absolute Gasteiger partial charge is 0.387 e. The van der Waals surface area contributed by atoms with Gasteiger partial charge in [0.1, 0.15) is 24.5 Å². The van der Waals surface area contributed by atoms with Gasteiger partial charge in [0.2, 0.25) is 0 Å². The number of aliphatic hydroxyl groups excluding tert-OH is 2. The molecule has 9 N–H and O–H groups in total. The van der Waals surface area contributed by atoms with Crippen LogP contribution in [0.15, 0.2) is 0 Å². The van der Waals surface area contributed by atoms with E-state index in [2.05, 4.69) is 31.5 Å². The molecule has 0 amide bonds. The summed E-state index contributed by atoms with van der Waals surface area (Å²) in [5.41, 5.74) is 6.13. The zero-order valence-corrected chi connectivity index (χ0v) is 17.3. The molecule has 29 heavy (non-hydrogen) atoms. The number of hydrogen-bond donors (Lipinski definition) is 8. The lowest BCUT2D eigenvalue weighted by atomic mass is 10.1. The van der Waals surface area contributed by atoms with Gasteiger partial charge in [-0.2, -0.15) is 0 Å². The van der Waals surface area contributed by atoms with E-state index in [1.165, 1.54) is 19.3 Å². The maximum Gasteiger partial charge on any atom is 0.142 e. The molecule has 168 valence electrons. The maximum atomic E-state index is 10.6. The monoisotopic (exact) mass is 414 g/mol. The number of nitrogens with one attached hydrogen (secondary N) is 5. The van der Waals surface area contributed by atoms with Crippen LogP contribution in [0.25, 0.3) is 0 Å². The van der Waals surface area contributed by atoms with Crippen molar-refractivity contribution in [3.63, 3.8) is 0 Å². The maximum absolute atomic E-state index is 10.6. The minimum Gasteiger partial charge on any atom is -0.387 e. The third kappa shape index (κ3) is 4.91. The van der Waals surface area contributed by atoms with Gasteiger partial charge in [-0.25, -0.2) is 4.90 Å². The molecule has 4 aliphatic rings. The summed E-state index contributed by atoms with van der Waals surface area (Å²) in [7, 11) is 2.02. The second-order valence-corrected chi connectivity index (χ2v) is 8.72. The zero-order valence-electron chi connectivity index (χ0n) is 17.3. The van der Waals surface area contributed by atoms with Crippen LogP contribution < -0.4 is 32.3 Å². The summed E-state index contributed by atoms with van der Waals surface area (Å²) >= 11 is 0. The fourth-order valence-electron chi connectivity index (χ4n) is 4.86. The fourth-order valence-corrected chi connectivity index (χ4v) is 4.86. The van der Waals surface area contributed by atoms with Gasteiger partial charge in [-0.3, -0.25) is 16.0 Å². The van der Waals surface area contributed by atoms with Crippen molar-refractivity contribution in [2.24, 2.45) is 5.73 Å². The number of aliphatic hydroxyl groups is 2. The van der Waals surface area contributed by atoms with E-state index < -0.39 is 24.5 Å². The van der Waals surface area contributed by atoms with Crippen LogP contribution in [0, 0.1) is 0 Å². The standard InChI is InChI=1S/C18H38N8O3/c1-25(7-6-21-12-4-2-3-5-20-12)8-11-14(27)15(28)18(29-11)26-10-24-13-16(19)22-9-23-17(13)26/h11-18,20-24,27-28H,2-10,19H2,1H3/t11-,12?,13?,14-,15-,16?,17?,18-/m1/s1. The average molecular weight is 415 g/mol. The Balaban J connectivity index is 1.25. The van der Waals surface area contributed by atoms with Crippen molar-refractivity contribution in [1.29, 1.82) is 0 Å². The summed E-state index contributed by atoms with van der Waals surface area (Å²) in [5.74, 6) is 0. The lowest BCUT2D eigenvalue weighted by Crippen LogP contribution is -2.68. The summed E-state index contributed by atoms with van der Waals surface area (Å²) in [6, 6.07) is 0.0258. The highest BCUT2D eigenvalue weighted by Crippen LogP contribution is 2.28. The Labute approximate surface area is 172 Å². The molecule has 11 nitrogen and oxygen atoms in total. The molecule has 0 aliphatic carbocycles. The van der Waals surface area contributed by atoms with E-state index >= 15 is 0 Å². The molecule has 8 atom stereocenters. The van der Waals surface area contributed by atoms with Crippen LogP contribution in [0.1, 0.15) is 19.3 Å². The molecule has 0 spiro atoms. The first-order chi connectivity index (χ1) is 14.0. The number of nitrogens with zero attached hydrogens (tertiary/aromatic N) is 2. The highest BCUT2D eigenvalue weighted by atomic mass is 16.6. The average Bonchev–Trinajstić information content (AvgIpc) is 3.26. The molecule has 0 radical (unpaired) electrons. The predicted molar refractivity (Wildman–Crippen MR) is 108 cm³/mol. The van der Waals surface area contributed by atoms with Crippen LogP contribution >= 0.6 is 0 Å². The Morgan fingerprint density at radius 2 is 2.03 bits per heavy atom. The Hall–Kier alpha value is -0.440. The Morgan fingerprint density at radius 3 is 2.83 bits per heavy atom. The normalized spacial score (nSPS) is 43.8. The highest BCUT2D eigenvalue weighted by Gasteiger charge is 2.51. The first kappa shape index (κ1) is 21.8. The fraction of sp³-hybridized carbons (Fsp3) is 1.00. The van der Waals surface area contributed by atoms with E-state index in [0.29, 0.717) is 26.0 Å². The Bertz CT molecular complexity index is 525. The summed E-state index contributed by atoms with van der Waals surface area (Å²) in [6.07, 6.45) is 1.03. The van der Waals surface area contributed by atoms with Crippen LogP contribution in [0.4, 0.5) is 0 Å². The molecule has 0 aromatic carbocycles. The van der Waals surface area contributed by atoms with E-state index in [1.807, 2.05) is 11.9 Å². The van der Waals surface area contributed by atoms with Crippen molar-refractivity contribution in [3.05, 3.63) is 0 Å². The smallest absolute Gasteiger partial charge is 0.142 e. The van der Waals surface area contributed by atoms with E-state index in [-0.39, 0.29) is 18.4 Å². The number of ether oxygens (including phenoxy) is 1. The molecule has 4 rings (SSSR count). The number of rotatable bonds is 7. The molecule has 4 fully saturated rings. The van der Waals surface area contributed by atoms with Crippen molar-refractivity contribution in [1.82, 2.24) is 36.4 Å². The number of hydrogen-bond acceptors (Lipinski definition) is 11. The summed E-state index contributed by atoms with van der Waals surface area (Å²) in [6.45, 7) is 4.52. The minimum absolute atomic E-state index is 0.0258.